The van der Waals surface area contributed by atoms with Crippen LogP contribution in [0.4, 0.5) is 4.79 Å². The van der Waals surface area contributed by atoms with Gasteiger partial charge < -0.3 is 9.84 Å². The number of hydrogen-bond acceptors (Lipinski definition) is 7. The SMILES string of the molecule is COC(=O)N1C(=O)[C@H]2[C@H](CC=C3[C@H](c4cc(C)c(O)c(C)c4)C4=C(C[C@H]32)C(=O)C(C)=CC4=O)C1=O. The van der Waals surface area contributed by atoms with Crippen molar-refractivity contribution in [2.45, 2.75) is 39.5 Å². The van der Waals surface area contributed by atoms with E-state index < -0.39 is 41.6 Å². The number of Topliss-reactive ketones (excluding diaryl/α,β-unsaturated/α-hetero) is 1. The molecule has 1 aromatic rings. The van der Waals surface area contributed by atoms with Crippen molar-refractivity contribution in [1.82, 2.24) is 4.90 Å². The zero-order valence-electron chi connectivity index (χ0n) is 19.9. The van der Waals surface area contributed by atoms with Crippen LogP contribution in [0.15, 0.2) is 46.6 Å². The average Bonchev–Trinajstić information content (AvgIpc) is 3.08. The standard InChI is InChI=1S/C27H25NO7/c1-11-7-14(8-12(2)23(11)30)20-15-5-6-16-21(26(33)28(25(16)32)27(34)35-4)17(15)10-18-22(20)19(29)9-13(3)24(18)31/h5,7-9,16-17,20-21,30H,6,10H2,1-4H3/t16-,17+,20-,21-/m0/s1. The van der Waals surface area contributed by atoms with Crippen LogP contribution in [-0.4, -0.2) is 46.6 Å². The Morgan fingerprint density at radius 2 is 1.69 bits per heavy atom. The summed E-state index contributed by atoms with van der Waals surface area (Å²) in [6.45, 7) is 5.11. The number of nitrogens with zero attached hydrogens (tertiary/aromatic N) is 1. The number of ketones is 2. The minimum absolute atomic E-state index is 0.138. The zero-order chi connectivity index (χ0) is 25.3. The quantitative estimate of drug-likeness (QED) is 0.376. The zero-order valence-corrected chi connectivity index (χ0v) is 19.9. The molecule has 0 saturated carbocycles. The number of aryl methyl sites for hydroxylation is 2. The second-order valence-corrected chi connectivity index (χ2v) is 9.71. The number of methoxy groups -OCH3 is 1. The number of ether oxygens (including phenoxy) is 1. The molecule has 1 fully saturated rings. The number of benzene rings is 1. The van der Waals surface area contributed by atoms with E-state index in [2.05, 4.69) is 4.74 Å². The highest BCUT2D eigenvalue weighted by Crippen LogP contribution is 2.55. The molecule has 1 heterocycles. The Labute approximate surface area is 201 Å². The van der Waals surface area contributed by atoms with Gasteiger partial charge in [0.15, 0.2) is 11.6 Å². The summed E-state index contributed by atoms with van der Waals surface area (Å²) < 4.78 is 4.67. The summed E-state index contributed by atoms with van der Waals surface area (Å²) in [7, 11) is 1.11. The largest absolute Gasteiger partial charge is 0.507 e. The van der Waals surface area contributed by atoms with Gasteiger partial charge in [0.05, 0.1) is 18.9 Å². The summed E-state index contributed by atoms with van der Waals surface area (Å²) in [4.78, 5) is 65.5. The van der Waals surface area contributed by atoms with Crippen LogP contribution in [0.1, 0.15) is 42.4 Å². The van der Waals surface area contributed by atoms with Gasteiger partial charge in [-0.3, -0.25) is 19.2 Å². The Morgan fingerprint density at radius 1 is 1.03 bits per heavy atom. The monoisotopic (exact) mass is 475 g/mol. The average molecular weight is 475 g/mol. The maximum Gasteiger partial charge on any atom is 0.423 e. The number of likely N-dealkylation sites (tertiary alicyclic amines) is 1. The van der Waals surface area contributed by atoms with Gasteiger partial charge in [-0.05, 0) is 62.3 Å². The van der Waals surface area contributed by atoms with Crippen LogP contribution >= 0.6 is 0 Å². The normalized spacial score (nSPS) is 27.8. The number of rotatable bonds is 1. The summed E-state index contributed by atoms with van der Waals surface area (Å²) in [5.74, 6) is -4.27. The maximum absolute atomic E-state index is 13.3. The molecule has 35 heavy (non-hydrogen) atoms. The van der Waals surface area contributed by atoms with Crippen molar-refractivity contribution in [3.63, 3.8) is 0 Å². The van der Waals surface area contributed by atoms with Gasteiger partial charge in [-0.25, -0.2) is 4.79 Å². The van der Waals surface area contributed by atoms with Crippen LogP contribution in [0.25, 0.3) is 0 Å². The van der Waals surface area contributed by atoms with Gasteiger partial charge in [0.1, 0.15) is 5.75 Å². The number of carbonyl (C=O) groups excluding carboxylic acids is 5. The Kier molecular flexibility index (Phi) is 5.16. The molecule has 1 aromatic carbocycles. The van der Waals surface area contributed by atoms with Gasteiger partial charge in [0, 0.05) is 22.6 Å². The fourth-order valence-corrected chi connectivity index (χ4v) is 6.19. The predicted octanol–water partition coefficient (Wildman–Crippen LogP) is 3.20. The molecule has 1 N–H and O–H groups in total. The van der Waals surface area contributed by atoms with E-state index in [1.54, 1.807) is 32.9 Å². The molecule has 180 valence electrons. The van der Waals surface area contributed by atoms with Crippen LogP contribution in [0.2, 0.25) is 0 Å². The van der Waals surface area contributed by atoms with Crippen molar-refractivity contribution in [2.75, 3.05) is 7.11 Å². The second kappa shape index (κ2) is 7.86. The van der Waals surface area contributed by atoms with Crippen molar-refractivity contribution in [3.05, 3.63) is 63.3 Å². The first kappa shape index (κ1) is 23.0. The van der Waals surface area contributed by atoms with E-state index in [0.717, 1.165) is 18.2 Å². The number of phenolic OH excluding ortho intramolecular Hbond substituents is 1. The summed E-state index contributed by atoms with van der Waals surface area (Å²) in [6, 6.07) is 3.58. The number of fused-ring (bicyclic) bond motifs is 3. The number of hydrogen-bond donors (Lipinski definition) is 1. The van der Waals surface area contributed by atoms with Crippen LogP contribution in [0.3, 0.4) is 0 Å². The van der Waals surface area contributed by atoms with Gasteiger partial charge in [-0.15, -0.1) is 0 Å². The third-order valence-electron chi connectivity index (χ3n) is 7.77. The molecule has 3 amide bonds. The van der Waals surface area contributed by atoms with E-state index in [-0.39, 0.29) is 30.2 Å². The first-order valence-electron chi connectivity index (χ1n) is 11.5. The second-order valence-electron chi connectivity index (χ2n) is 9.71. The van der Waals surface area contributed by atoms with Crippen molar-refractivity contribution >= 4 is 29.5 Å². The summed E-state index contributed by atoms with van der Waals surface area (Å²) in [6.07, 6.45) is 2.59. The lowest BCUT2D eigenvalue weighted by atomic mass is 9.59. The van der Waals surface area contributed by atoms with Crippen LogP contribution < -0.4 is 0 Å². The number of phenols is 1. The minimum atomic E-state index is -1.02. The van der Waals surface area contributed by atoms with Crippen molar-refractivity contribution in [3.8, 4) is 5.75 Å². The number of carbonyl (C=O) groups is 5. The fourth-order valence-electron chi connectivity index (χ4n) is 6.19. The molecule has 0 spiro atoms. The van der Waals surface area contributed by atoms with Crippen molar-refractivity contribution in [2.24, 2.45) is 17.8 Å². The Bertz CT molecular complexity index is 1320. The van der Waals surface area contributed by atoms with E-state index in [9.17, 15) is 29.1 Å². The summed E-state index contributed by atoms with van der Waals surface area (Å²) >= 11 is 0. The number of amides is 3. The lowest BCUT2D eigenvalue weighted by Crippen LogP contribution is -2.40. The first-order chi connectivity index (χ1) is 16.6. The van der Waals surface area contributed by atoms with E-state index >= 15 is 0 Å². The van der Waals surface area contributed by atoms with Crippen molar-refractivity contribution < 1.29 is 33.8 Å². The van der Waals surface area contributed by atoms with Crippen molar-refractivity contribution in [1.29, 1.82) is 0 Å². The molecule has 8 heteroatoms. The van der Waals surface area contributed by atoms with Gasteiger partial charge in [-0.1, -0.05) is 23.8 Å². The van der Waals surface area contributed by atoms with Gasteiger partial charge in [0.25, 0.3) is 0 Å². The first-order valence-corrected chi connectivity index (χ1v) is 11.5. The van der Waals surface area contributed by atoms with E-state index in [1.807, 2.05) is 6.08 Å². The van der Waals surface area contributed by atoms with Crippen LogP contribution in [0.5, 0.6) is 5.75 Å². The smallest absolute Gasteiger partial charge is 0.423 e. The Morgan fingerprint density at radius 3 is 2.31 bits per heavy atom. The molecular weight excluding hydrogens is 450 g/mol. The topological polar surface area (TPSA) is 118 Å². The molecule has 4 atom stereocenters. The highest BCUT2D eigenvalue weighted by atomic mass is 16.5. The number of allylic oxidation sites excluding steroid dienone is 6. The van der Waals surface area contributed by atoms with Crippen LogP contribution in [-0.2, 0) is 23.9 Å². The van der Waals surface area contributed by atoms with Gasteiger partial charge in [0.2, 0.25) is 11.8 Å². The summed E-state index contributed by atoms with van der Waals surface area (Å²) in [5.41, 5.74) is 3.84. The minimum Gasteiger partial charge on any atom is -0.507 e. The number of imide groups is 3. The van der Waals surface area contributed by atoms with Gasteiger partial charge in [-0.2, -0.15) is 4.90 Å². The lowest BCUT2D eigenvalue weighted by molar-refractivity contribution is -0.137. The van der Waals surface area contributed by atoms with E-state index in [4.69, 9.17) is 0 Å². The maximum atomic E-state index is 13.3. The third kappa shape index (κ3) is 3.16. The molecule has 0 bridgehead atoms. The van der Waals surface area contributed by atoms with E-state index in [0.29, 0.717) is 32.7 Å². The molecule has 3 aliphatic carbocycles. The van der Waals surface area contributed by atoms with Crippen LogP contribution in [0, 0.1) is 31.6 Å². The number of aromatic hydroxyl groups is 1. The van der Waals surface area contributed by atoms with Gasteiger partial charge >= 0.3 is 6.09 Å². The predicted molar refractivity (Wildman–Crippen MR) is 123 cm³/mol. The molecule has 0 radical (unpaired) electrons. The molecule has 8 nitrogen and oxygen atoms in total. The highest BCUT2D eigenvalue weighted by molar-refractivity contribution is 6.24. The van der Waals surface area contributed by atoms with E-state index in [1.165, 1.54) is 6.08 Å². The fraction of sp³-hybridized carbons (Fsp3) is 0.370. The molecule has 4 aliphatic rings. The lowest BCUT2D eigenvalue weighted by Gasteiger charge is -2.42. The highest BCUT2D eigenvalue weighted by Gasteiger charge is 2.58. The molecule has 5 rings (SSSR count). The molecular formula is C27H25NO7. The molecule has 1 saturated heterocycles. The Balaban J connectivity index is 1.70. The molecule has 1 aliphatic heterocycles. The molecule has 0 aromatic heterocycles. The third-order valence-corrected chi connectivity index (χ3v) is 7.77. The Hall–Kier alpha value is -3.81. The molecule has 0 unspecified atom stereocenters. The summed E-state index contributed by atoms with van der Waals surface area (Å²) in [5, 5.41) is 10.3.